The molecule has 1 amide bonds. The Morgan fingerprint density at radius 3 is 2.87 bits per heavy atom. The Morgan fingerprint density at radius 1 is 1.35 bits per heavy atom. The van der Waals surface area contributed by atoms with Crippen molar-refractivity contribution in [3.63, 3.8) is 0 Å². The number of allylic oxidation sites excluding steroid dienone is 1. The number of carbonyl (C=O) groups excluding carboxylic acids is 1. The smallest absolute Gasteiger partial charge is 0.407 e. The summed E-state index contributed by atoms with van der Waals surface area (Å²) in [5, 5.41) is 11.7. The molecule has 0 aromatic heterocycles. The summed E-state index contributed by atoms with van der Waals surface area (Å²) in [6, 6.07) is 0. The maximum atomic E-state index is 11.5. The third-order valence-corrected chi connectivity index (χ3v) is 4.20. The lowest BCUT2D eigenvalue weighted by molar-refractivity contribution is -0.138. The number of cyclic esters (lactones) is 1. The van der Waals surface area contributed by atoms with Crippen molar-refractivity contribution in [2.45, 2.75) is 51.9 Å². The summed E-state index contributed by atoms with van der Waals surface area (Å²) in [7, 11) is 0. The predicted molar refractivity (Wildman–Crippen MR) is 90.2 cm³/mol. The minimum absolute atomic E-state index is 0.156. The molecule has 0 aromatic carbocycles. The number of nitrogens with one attached hydrogen (secondary N) is 1. The fourth-order valence-electron chi connectivity index (χ4n) is 2.68. The van der Waals surface area contributed by atoms with Crippen LogP contribution in [0, 0.1) is 11.8 Å². The van der Waals surface area contributed by atoms with Gasteiger partial charge in [0, 0.05) is 13.0 Å². The van der Waals surface area contributed by atoms with Gasteiger partial charge in [-0.1, -0.05) is 32.1 Å². The first-order valence-corrected chi connectivity index (χ1v) is 8.41. The molecule has 1 rings (SSSR count). The topological polar surface area (TPSA) is 75.6 Å². The molecule has 0 spiro atoms. The molecule has 0 saturated carbocycles. The Bertz CT molecular complexity index is 431. The molecule has 5 nitrogen and oxygen atoms in total. The molecule has 5 heteroatoms. The molecular formula is C18H29NO4. The van der Waals surface area contributed by atoms with Crippen LogP contribution >= 0.6 is 0 Å². The van der Waals surface area contributed by atoms with Crippen molar-refractivity contribution in [2.24, 2.45) is 11.8 Å². The standard InChI is InChI=1S/C18H29NO4/c1-14-6-4-3-5-11-19-18(22)23-13-15(2)8-10-16(9-7-14)12-17(20)21/h3,5,14,16H,2,4,6-13H2,1H3,(H,19,22)(H,20,21)/b5-3-. The number of carboxylic acid groups (broad SMARTS) is 1. The number of carboxylic acids is 1. The van der Waals surface area contributed by atoms with E-state index >= 15 is 0 Å². The zero-order chi connectivity index (χ0) is 17.1. The van der Waals surface area contributed by atoms with Crippen molar-refractivity contribution in [1.82, 2.24) is 5.32 Å². The summed E-state index contributed by atoms with van der Waals surface area (Å²) in [5.74, 6) is -0.0184. The molecule has 130 valence electrons. The van der Waals surface area contributed by atoms with Gasteiger partial charge in [0.2, 0.25) is 0 Å². The maximum Gasteiger partial charge on any atom is 0.407 e. The number of hydrogen-bond acceptors (Lipinski definition) is 3. The van der Waals surface area contributed by atoms with Crippen LogP contribution in [0.5, 0.6) is 0 Å². The predicted octanol–water partition coefficient (Wildman–Crippen LogP) is 3.91. The van der Waals surface area contributed by atoms with Crippen molar-refractivity contribution < 1.29 is 19.4 Å². The van der Waals surface area contributed by atoms with Gasteiger partial charge in [0.05, 0.1) is 0 Å². The Labute approximate surface area is 138 Å². The van der Waals surface area contributed by atoms with Crippen molar-refractivity contribution in [3.8, 4) is 0 Å². The minimum atomic E-state index is -0.749. The number of amides is 1. The van der Waals surface area contributed by atoms with Gasteiger partial charge in [0.25, 0.3) is 0 Å². The Balaban J connectivity index is 2.60. The van der Waals surface area contributed by atoms with Crippen LogP contribution in [-0.2, 0) is 9.53 Å². The van der Waals surface area contributed by atoms with E-state index < -0.39 is 12.1 Å². The van der Waals surface area contributed by atoms with Crippen LogP contribution in [0.2, 0.25) is 0 Å². The van der Waals surface area contributed by atoms with Gasteiger partial charge in [-0.3, -0.25) is 4.79 Å². The molecule has 0 aliphatic carbocycles. The molecule has 0 saturated heterocycles. The minimum Gasteiger partial charge on any atom is -0.481 e. The van der Waals surface area contributed by atoms with Crippen LogP contribution in [0.15, 0.2) is 24.3 Å². The Kier molecular flexibility index (Phi) is 9.10. The third kappa shape index (κ3) is 9.76. The van der Waals surface area contributed by atoms with E-state index in [1.165, 1.54) is 0 Å². The highest BCUT2D eigenvalue weighted by molar-refractivity contribution is 5.67. The van der Waals surface area contributed by atoms with E-state index in [4.69, 9.17) is 9.84 Å². The van der Waals surface area contributed by atoms with E-state index in [1.807, 2.05) is 6.08 Å². The fourth-order valence-corrected chi connectivity index (χ4v) is 2.68. The summed E-state index contributed by atoms with van der Waals surface area (Å²) in [6.07, 6.45) is 9.24. The highest BCUT2D eigenvalue weighted by Crippen LogP contribution is 2.24. The Hall–Kier alpha value is -1.78. The van der Waals surface area contributed by atoms with Crippen molar-refractivity contribution in [2.75, 3.05) is 13.2 Å². The van der Waals surface area contributed by atoms with Gasteiger partial charge in [-0.25, -0.2) is 4.79 Å². The second-order valence-corrected chi connectivity index (χ2v) is 6.44. The van der Waals surface area contributed by atoms with Gasteiger partial charge >= 0.3 is 12.1 Å². The molecule has 0 fully saturated rings. The lowest BCUT2D eigenvalue weighted by atomic mass is 9.88. The fraction of sp³-hybridized carbons (Fsp3) is 0.667. The Morgan fingerprint density at radius 2 is 2.13 bits per heavy atom. The number of hydrogen-bond donors (Lipinski definition) is 2. The first-order chi connectivity index (χ1) is 11.0. The van der Waals surface area contributed by atoms with Crippen LogP contribution in [0.3, 0.4) is 0 Å². The number of rotatable bonds is 2. The molecule has 2 atom stereocenters. The van der Waals surface area contributed by atoms with Gasteiger partial charge in [-0.2, -0.15) is 0 Å². The maximum absolute atomic E-state index is 11.5. The second kappa shape index (κ2) is 10.9. The molecule has 0 radical (unpaired) electrons. The SMILES string of the molecule is C=C1CCC(CC(=O)O)CCC(C)CC/C=C\CNC(=O)OC1. The number of alkyl carbamates (subject to hydrolysis) is 1. The normalized spacial score (nSPS) is 26.8. The summed E-state index contributed by atoms with van der Waals surface area (Å²) in [4.78, 5) is 22.5. The van der Waals surface area contributed by atoms with E-state index in [0.29, 0.717) is 18.9 Å². The van der Waals surface area contributed by atoms with Crippen LogP contribution in [0.25, 0.3) is 0 Å². The van der Waals surface area contributed by atoms with Gasteiger partial charge in [-0.15, -0.1) is 0 Å². The number of aliphatic carboxylic acids is 1. The van der Waals surface area contributed by atoms with Gasteiger partial charge in [-0.05, 0) is 49.5 Å². The molecule has 23 heavy (non-hydrogen) atoms. The second-order valence-electron chi connectivity index (χ2n) is 6.44. The summed E-state index contributed by atoms with van der Waals surface area (Å²) >= 11 is 0. The van der Waals surface area contributed by atoms with Crippen LogP contribution in [-0.4, -0.2) is 30.3 Å². The summed E-state index contributed by atoms with van der Waals surface area (Å²) < 4.78 is 5.09. The highest BCUT2D eigenvalue weighted by atomic mass is 16.5. The molecule has 1 aliphatic heterocycles. The van der Waals surface area contributed by atoms with Crippen LogP contribution in [0.4, 0.5) is 4.79 Å². The molecule has 2 unspecified atom stereocenters. The number of ether oxygens (including phenoxy) is 1. The number of carbonyl (C=O) groups is 2. The largest absolute Gasteiger partial charge is 0.481 e. The molecular weight excluding hydrogens is 294 g/mol. The van der Waals surface area contributed by atoms with Gasteiger partial charge in [0.1, 0.15) is 6.61 Å². The molecule has 1 aliphatic rings. The average molecular weight is 323 g/mol. The zero-order valence-electron chi connectivity index (χ0n) is 14.1. The van der Waals surface area contributed by atoms with E-state index in [0.717, 1.165) is 37.7 Å². The van der Waals surface area contributed by atoms with E-state index in [2.05, 4.69) is 24.9 Å². The molecule has 0 aromatic rings. The van der Waals surface area contributed by atoms with Crippen LogP contribution in [0.1, 0.15) is 51.9 Å². The van der Waals surface area contributed by atoms with E-state index in [1.54, 1.807) is 0 Å². The van der Waals surface area contributed by atoms with Crippen LogP contribution < -0.4 is 5.32 Å². The van der Waals surface area contributed by atoms with Gasteiger partial charge in [0.15, 0.2) is 0 Å². The lowest BCUT2D eigenvalue weighted by Gasteiger charge is -2.18. The lowest BCUT2D eigenvalue weighted by Crippen LogP contribution is -2.25. The molecule has 0 bridgehead atoms. The first-order valence-electron chi connectivity index (χ1n) is 8.41. The monoisotopic (exact) mass is 323 g/mol. The van der Waals surface area contributed by atoms with Crippen molar-refractivity contribution in [1.29, 1.82) is 0 Å². The third-order valence-electron chi connectivity index (χ3n) is 4.20. The van der Waals surface area contributed by atoms with E-state index in [9.17, 15) is 9.59 Å². The highest BCUT2D eigenvalue weighted by Gasteiger charge is 2.15. The van der Waals surface area contributed by atoms with Crippen molar-refractivity contribution in [3.05, 3.63) is 24.3 Å². The molecule has 2 N–H and O–H groups in total. The van der Waals surface area contributed by atoms with Crippen molar-refractivity contribution >= 4 is 12.1 Å². The first kappa shape index (κ1) is 19.3. The molecule has 1 heterocycles. The quantitative estimate of drug-likeness (QED) is 0.756. The summed E-state index contributed by atoms with van der Waals surface area (Å²) in [5.41, 5.74) is 0.825. The van der Waals surface area contributed by atoms with Gasteiger partial charge < -0.3 is 15.2 Å². The van der Waals surface area contributed by atoms with E-state index in [-0.39, 0.29) is 18.9 Å². The average Bonchev–Trinajstić information content (AvgIpc) is 2.49. The zero-order valence-corrected chi connectivity index (χ0v) is 14.1. The summed E-state index contributed by atoms with van der Waals surface area (Å²) in [6.45, 7) is 6.78.